The smallest absolute Gasteiger partial charge is 0.178 e. The van der Waals surface area contributed by atoms with Gasteiger partial charge in [-0.15, -0.1) is 0 Å². The number of aromatic nitrogens is 2. The van der Waals surface area contributed by atoms with E-state index >= 15 is 0 Å². The third kappa shape index (κ3) is 1.77. The molecule has 0 spiro atoms. The van der Waals surface area contributed by atoms with Crippen molar-refractivity contribution in [2.45, 2.75) is 37.5 Å². The number of rotatable bonds is 1. The summed E-state index contributed by atoms with van der Waals surface area (Å²) in [5.41, 5.74) is 1.95. The molecule has 1 aromatic heterocycles. The SMILES string of the molecule is S=c1[nH]c2cc(Cl)c(Cl)cc2n1C1CC2CCC1O2. The fraction of sp³-hybridized carbons (Fsp3) is 0.462. The quantitative estimate of drug-likeness (QED) is 0.785. The van der Waals surface area contributed by atoms with Crippen molar-refractivity contribution < 1.29 is 4.74 Å². The molecule has 2 bridgehead atoms. The van der Waals surface area contributed by atoms with Crippen LogP contribution in [0.25, 0.3) is 11.0 Å². The van der Waals surface area contributed by atoms with Crippen molar-refractivity contribution in [3.8, 4) is 0 Å². The molecular weight excluding hydrogens is 303 g/mol. The van der Waals surface area contributed by atoms with Crippen molar-refractivity contribution in [2.24, 2.45) is 0 Å². The van der Waals surface area contributed by atoms with E-state index in [1.54, 1.807) is 0 Å². The minimum atomic E-state index is 0.283. The van der Waals surface area contributed by atoms with Gasteiger partial charge in [0.1, 0.15) is 0 Å². The van der Waals surface area contributed by atoms with Gasteiger partial charge >= 0.3 is 0 Å². The van der Waals surface area contributed by atoms with Crippen molar-refractivity contribution in [1.82, 2.24) is 9.55 Å². The van der Waals surface area contributed by atoms with Crippen molar-refractivity contribution in [1.29, 1.82) is 0 Å². The maximum atomic E-state index is 6.13. The normalized spacial score (nSPS) is 29.5. The summed E-state index contributed by atoms with van der Waals surface area (Å²) in [5.74, 6) is 0. The van der Waals surface area contributed by atoms with Crippen molar-refractivity contribution in [3.05, 3.63) is 26.9 Å². The summed E-state index contributed by atoms with van der Waals surface area (Å²) >= 11 is 17.6. The van der Waals surface area contributed by atoms with Crippen LogP contribution in [0.2, 0.25) is 10.0 Å². The van der Waals surface area contributed by atoms with Gasteiger partial charge in [-0.1, -0.05) is 23.2 Å². The Morgan fingerprint density at radius 2 is 2.05 bits per heavy atom. The Hall–Kier alpha value is -0.550. The zero-order valence-corrected chi connectivity index (χ0v) is 12.4. The molecule has 0 saturated carbocycles. The lowest BCUT2D eigenvalue weighted by Gasteiger charge is -2.21. The summed E-state index contributed by atoms with van der Waals surface area (Å²) in [4.78, 5) is 3.21. The monoisotopic (exact) mass is 314 g/mol. The molecule has 2 aliphatic rings. The molecule has 0 amide bonds. The molecule has 100 valence electrons. The van der Waals surface area contributed by atoms with Gasteiger partial charge in [0.25, 0.3) is 0 Å². The van der Waals surface area contributed by atoms with E-state index in [1.807, 2.05) is 12.1 Å². The molecular formula is C13H12Cl2N2OS. The first kappa shape index (κ1) is 12.2. The summed E-state index contributed by atoms with van der Waals surface area (Å²) in [5, 5.41) is 1.10. The fourth-order valence-electron chi connectivity index (χ4n) is 3.33. The third-order valence-corrected chi connectivity index (χ3v) is 5.19. The number of fused-ring (bicyclic) bond motifs is 3. The van der Waals surface area contributed by atoms with E-state index < -0.39 is 0 Å². The van der Waals surface area contributed by atoms with Crippen molar-refractivity contribution in [3.63, 3.8) is 0 Å². The fourth-order valence-corrected chi connectivity index (χ4v) is 4.00. The Labute approximate surface area is 125 Å². The molecule has 2 saturated heterocycles. The number of benzene rings is 1. The van der Waals surface area contributed by atoms with Crippen LogP contribution in [-0.2, 0) is 4.74 Å². The van der Waals surface area contributed by atoms with Crippen molar-refractivity contribution >= 4 is 46.5 Å². The molecule has 2 fully saturated rings. The lowest BCUT2D eigenvalue weighted by Crippen LogP contribution is -2.20. The van der Waals surface area contributed by atoms with Gasteiger partial charge in [-0.3, -0.25) is 0 Å². The van der Waals surface area contributed by atoms with Crippen LogP contribution >= 0.6 is 35.4 Å². The van der Waals surface area contributed by atoms with Crippen molar-refractivity contribution in [2.75, 3.05) is 0 Å². The molecule has 3 nitrogen and oxygen atoms in total. The van der Waals surface area contributed by atoms with E-state index in [0.717, 1.165) is 28.6 Å². The second kappa shape index (κ2) is 4.22. The second-order valence-corrected chi connectivity index (χ2v) is 6.46. The molecule has 1 aromatic carbocycles. The van der Waals surface area contributed by atoms with E-state index in [1.165, 1.54) is 6.42 Å². The average molecular weight is 315 g/mol. The summed E-state index contributed by atoms with van der Waals surface area (Å²) in [6.45, 7) is 0. The lowest BCUT2D eigenvalue weighted by molar-refractivity contribution is 0.0941. The zero-order valence-electron chi connectivity index (χ0n) is 10.0. The first-order valence-electron chi connectivity index (χ1n) is 6.38. The van der Waals surface area contributed by atoms with Crippen LogP contribution in [0.15, 0.2) is 12.1 Å². The van der Waals surface area contributed by atoms with Gasteiger partial charge in [0.2, 0.25) is 0 Å². The first-order chi connectivity index (χ1) is 9.13. The Balaban J connectivity index is 1.92. The first-order valence-corrected chi connectivity index (χ1v) is 7.54. The van der Waals surface area contributed by atoms with Gasteiger partial charge < -0.3 is 14.3 Å². The minimum Gasteiger partial charge on any atom is -0.373 e. The molecule has 1 N–H and O–H groups in total. The minimum absolute atomic E-state index is 0.283. The second-order valence-electron chi connectivity index (χ2n) is 5.26. The van der Waals surface area contributed by atoms with Crippen LogP contribution in [0.5, 0.6) is 0 Å². The highest BCUT2D eigenvalue weighted by atomic mass is 35.5. The highest BCUT2D eigenvalue weighted by molar-refractivity contribution is 7.71. The zero-order chi connectivity index (χ0) is 13.1. The number of aromatic amines is 1. The van der Waals surface area contributed by atoms with Gasteiger partial charge in [0.05, 0.1) is 39.3 Å². The Morgan fingerprint density at radius 3 is 2.74 bits per heavy atom. The summed E-state index contributed by atoms with van der Waals surface area (Å²) < 4.78 is 8.79. The van der Waals surface area contributed by atoms with Crippen LogP contribution in [-0.4, -0.2) is 21.8 Å². The Kier molecular flexibility index (Phi) is 2.71. The van der Waals surface area contributed by atoms with E-state index in [4.69, 9.17) is 40.2 Å². The summed E-state index contributed by atoms with van der Waals surface area (Å²) in [7, 11) is 0. The van der Waals surface area contributed by atoms with Crippen LogP contribution in [0.4, 0.5) is 0 Å². The van der Waals surface area contributed by atoms with Gasteiger partial charge in [0.15, 0.2) is 4.77 Å². The molecule has 0 radical (unpaired) electrons. The number of ether oxygens (including phenoxy) is 1. The predicted octanol–water partition coefficient (Wildman–Crippen LogP) is 4.50. The summed E-state index contributed by atoms with van der Waals surface area (Å²) in [6, 6.07) is 4.04. The van der Waals surface area contributed by atoms with Crippen LogP contribution in [0.1, 0.15) is 25.3 Å². The standard InChI is InChI=1S/C13H12Cl2N2OS/c14-7-4-9-10(5-8(7)15)17(13(19)16-9)11-3-6-1-2-12(11)18-6/h4-6,11-12H,1-3H2,(H,16,19). The van der Waals surface area contributed by atoms with Gasteiger partial charge in [0, 0.05) is 0 Å². The van der Waals surface area contributed by atoms with E-state index in [0.29, 0.717) is 22.2 Å². The van der Waals surface area contributed by atoms with Crippen LogP contribution < -0.4 is 0 Å². The number of nitrogens with zero attached hydrogens (tertiary/aromatic N) is 1. The largest absolute Gasteiger partial charge is 0.373 e. The van der Waals surface area contributed by atoms with Gasteiger partial charge in [-0.2, -0.15) is 0 Å². The lowest BCUT2D eigenvalue weighted by atomic mass is 9.95. The molecule has 0 aliphatic carbocycles. The van der Waals surface area contributed by atoms with Crippen LogP contribution in [0, 0.1) is 4.77 Å². The molecule has 19 heavy (non-hydrogen) atoms. The molecule has 2 aliphatic heterocycles. The van der Waals surface area contributed by atoms with Gasteiger partial charge in [-0.25, -0.2) is 0 Å². The molecule has 2 aromatic rings. The number of H-pyrrole nitrogens is 1. The number of halogens is 2. The third-order valence-electron chi connectivity index (χ3n) is 4.16. The molecule has 6 heteroatoms. The topological polar surface area (TPSA) is 29.9 Å². The van der Waals surface area contributed by atoms with E-state index in [-0.39, 0.29) is 6.10 Å². The maximum absolute atomic E-state index is 6.13. The van der Waals surface area contributed by atoms with Crippen LogP contribution in [0.3, 0.4) is 0 Å². The average Bonchev–Trinajstić information content (AvgIpc) is 3.03. The maximum Gasteiger partial charge on any atom is 0.178 e. The molecule has 3 heterocycles. The highest BCUT2D eigenvalue weighted by Crippen LogP contribution is 2.43. The van der Waals surface area contributed by atoms with Gasteiger partial charge in [-0.05, 0) is 43.6 Å². The van der Waals surface area contributed by atoms with E-state index in [9.17, 15) is 0 Å². The Bertz CT molecular complexity index is 723. The number of imidazole rings is 1. The molecule has 4 rings (SSSR count). The number of nitrogens with one attached hydrogen (secondary N) is 1. The Morgan fingerprint density at radius 1 is 1.26 bits per heavy atom. The predicted molar refractivity (Wildman–Crippen MR) is 78.7 cm³/mol. The van der Waals surface area contributed by atoms with E-state index in [2.05, 4.69) is 9.55 Å². The highest BCUT2D eigenvalue weighted by Gasteiger charge is 2.42. The summed E-state index contributed by atoms with van der Waals surface area (Å²) in [6.07, 6.45) is 4.00. The molecule has 3 unspecified atom stereocenters. The number of hydrogen-bond acceptors (Lipinski definition) is 2. The number of hydrogen-bond donors (Lipinski definition) is 1. The molecule has 3 atom stereocenters.